The SMILES string of the molecule is CC(C[C@H](C)C1C[C@@H]1[Si](C)(C)C)[C@@H]1C[C@H]1[Si](C)(C)C. The molecule has 2 unspecified atom stereocenters. The molecule has 0 aromatic rings. The van der Waals surface area contributed by atoms with Crippen molar-refractivity contribution < 1.29 is 0 Å². The first-order chi connectivity index (χ1) is 8.51. The Balaban J connectivity index is 1.77. The number of hydrogen-bond acceptors (Lipinski definition) is 0. The van der Waals surface area contributed by atoms with Gasteiger partial charge in [-0.15, -0.1) is 0 Å². The summed E-state index contributed by atoms with van der Waals surface area (Å²) in [5.41, 5.74) is 2.28. The van der Waals surface area contributed by atoms with Crippen molar-refractivity contribution in [3.8, 4) is 0 Å². The van der Waals surface area contributed by atoms with E-state index in [0.717, 1.165) is 34.8 Å². The van der Waals surface area contributed by atoms with E-state index < -0.39 is 16.1 Å². The molecule has 19 heavy (non-hydrogen) atoms. The fourth-order valence-electron chi connectivity index (χ4n) is 4.61. The summed E-state index contributed by atoms with van der Waals surface area (Å²) in [5.74, 6) is 4.18. The smallest absolute Gasteiger partial charge is 0.0476 e. The fourth-order valence-corrected chi connectivity index (χ4v) is 9.80. The van der Waals surface area contributed by atoms with Crippen molar-refractivity contribution in [2.24, 2.45) is 23.7 Å². The molecule has 0 amide bonds. The molecule has 2 aliphatic rings. The van der Waals surface area contributed by atoms with Gasteiger partial charge in [-0.25, -0.2) is 0 Å². The molecule has 6 atom stereocenters. The molecule has 2 saturated carbocycles. The van der Waals surface area contributed by atoms with Crippen LogP contribution in [0.3, 0.4) is 0 Å². The summed E-state index contributed by atoms with van der Waals surface area (Å²) < 4.78 is 0. The molecule has 2 heteroatoms. The molecule has 0 spiro atoms. The number of hydrogen-bond donors (Lipinski definition) is 0. The van der Waals surface area contributed by atoms with E-state index in [1.807, 2.05) is 0 Å². The van der Waals surface area contributed by atoms with Crippen LogP contribution in [0.25, 0.3) is 0 Å². The van der Waals surface area contributed by atoms with Gasteiger partial charge in [0, 0.05) is 16.1 Å². The minimum Gasteiger partial charge on any atom is -0.0693 e. The Labute approximate surface area is 123 Å². The highest BCUT2D eigenvalue weighted by Crippen LogP contribution is 2.60. The highest BCUT2D eigenvalue weighted by molar-refractivity contribution is 6.78. The van der Waals surface area contributed by atoms with Gasteiger partial charge in [-0.1, -0.05) is 53.1 Å². The Kier molecular flexibility index (Phi) is 4.17. The predicted octanol–water partition coefficient (Wildman–Crippen LogP) is 6.11. The van der Waals surface area contributed by atoms with Crippen LogP contribution in [0.5, 0.6) is 0 Å². The first-order valence-corrected chi connectivity index (χ1v) is 15.7. The minimum absolute atomic E-state index is 0.848. The van der Waals surface area contributed by atoms with E-state index in [1.54, 1.807) is 12.8 Å². The van der Waals surface area contributed by atoms with Gasteiger partial charge in [0.15, 0.2) is 0 Å². The van der Waals surface area contributed by atoms with E-state index in [-0.39, 0.29) is 0 Å². The Bertz CT molecular complexity index is 291. The Morgan fingerprint density at radius 1 is 0.737 bits per heavy atom. The predicted molar refractivity (Wildman–Crippen MR) is 93.4 cm³/mol. The van der Waals surface area contributed by atoms with Crippen LogP contribution >= 0.6 is 0 Å². The third-order valence-electron chi connectivity index (χ3n) is 6.11. The molecule has 112 valence electrons. The van der Waals surface area contributed by atoms with Crippen molar-refractivity contribution in [2.45, 2.75) is 83.5 Å². The van der Waals surface area contributed by atoms with E-state index in [4.69, 9.17) is 0 Å². The first kappa shape index (κ1) is 15.8. The van der Waals surface area contributed by atoms with Gasteiger partial charge >= 0.3 is 0 Å². The van der Waals surface area contributed by atoms with Crippen molar-refractivity contribution >= 4 is 16.1 Å². The van der Waals surface area contributed by atoms with E-state index >= 15 is 0 Å². The first-order valence-electron chi connectivity index (χ1n) is 8.51. The lowest BCUT2D eigenvalue weighted by molar-refractivity contribution is 0.350. The summed E-state index contributed by atoms with van der Waals surface area (Å²) in [7, 11) is -1.70. The van der Waals surface area contributed by atoms with Crippen LogP contribution < -0.4 is 0 Å². The minimum atomic E-state index is -0.848. The molecule has 2 fully saturated rings. The lowest BCUT2D eigenvalue weighted by Gasteiger charge is -2.23. The van der Waals surface area contributed by atoms with Crippen molar-refractivity contribution in [1.29, 1.82) is 0 Å². The highest BCUT2D eigenvalue weighted by atomic mass is 28.3. The van der Waals surface area contributed by atoms with Gasteiger partial charge in [0.05, 0.1) is 0 Å². The van der Waals surface area contributed by atoms with Gasteiger partial charge in [-0.2, -0.15) is 0 Å². The second-order valence-corrected chi connectivity index (χ2v) is 20.9. The topological polar surface area (TPSA) is 0 Å². The van der Waals surface area contributed by atoms with Crippen molar-refractivity contribution in [3.05, 3.63) is 0 Å². The zero-order valence-corrected chi connectivity index (χ0v) is 16.6. The molecule has 0 bridgehead atoms. The van der Waals surface area contributed by atoms with E-state index in [2.05, 4.69) is 53.1 Å². The zero-order chi connectivity index (χ0) is 14.6. The maximum Gasteiger partial charge on any atom is 0.0476 e. The molecule has 0 heterocycles. The molecule has 0 nitrogen and oxygen atoms in total. The molecule has 0 aliphatic heterocycles. The Morgan fingerprint density at radius 2 is 1.05 bits per heavy atom. The fraction of sp³-hybridized carbons (Fsp3) is 1.00. The number of rotatable bonds is 6. The van der Waals surface area contributed by atoms with Crippen LogP contribution in [-0.2, 0) is 0 Å². The summed E-state index contributed by atoms with van der Waals surface area (Å²) in [6.07, 6.45) is 4.63. The third kappa shape index (κ3) is 3.75. The molecule has 0 aromatic heterocycles. The van der Waals surface area contributed by atoms with Gasteiger partial charge < -0.3 is 0 Å². The van der Waals surface area contributed by atoms with E-state index in [0.29, 0.717) is 0 Å². The second-order valence-electron chi connectivity index (χ2n) is 9.93. The van der Waals surface area contributed by atoms with Gasteiger partial charge in [0.25, 0.3) is 0 Å². The van der Waals surface area contributed by atoms with Crippen molar-refractivity contribution in [1.82, 2.24) is 0 Å². The summed E-state index contributed by atoms with van der Waals surface area (Å²) in [6.45, 7) is 20.5. The normalized spacial score (nSPS) is 37.9. The maximum atomic E-state index is 2.57. The Morgan fingerprint density at radius 3 is 1.26 bits per heavy atom. The lowest BCUT2D eigenvalue weighted by Crippen LogP contribution is -2.23. The molecular weight excluding hydrogens is 260 g/mol. The van der Waals surface area contributed by atoms with Crippen LogP contribution in [0.4, 0.5) is 0 Å². The maximum absolute atomic E-state index is 2.57. The van der Waals surface area contributed by atoms with E-state index in [1.165, 1.54) is 6.42 Å². The van der Waals surface area contributed by atoms with E-state index in [9.17, 15) is 0 Å². The molecule has 0 saturated heterocycles. The van der Waals surface area contributed by atoms with Crippen LogP contribution in [-0.4, -0.2) is 16.1 Å². The summed E-state index contributed by atoms with van der Waals surface area (Å²) in [4.78, 5) is 0. The molecular formula is C17H36Si2. The zero-order valence-electron chi connectivity index (χ0n) is 14.6. The Hall–Kier alpha value is 0.434. The van der Waals surface area contributed by atoms with Gasteiger partial charge in [-0.3, -0.25) is 0 Å². The quantitative estimate of drug-likeness (QED) is 0.519. The lowest BCUT2D eigenvalue weighted by atomic mass is 9.90. The summed E-state index contributed by atoms with van der Waals surface area (Å²) in [5, 5.41) is 0. The van der Waals surface area contributed by atoms with Gasteiger partial charge in [0.2, 0.25) is 0 Å². The second kappa shape index (κ2) is 5.01. The third-order valence-corrected chi connectivity index (χ3v) is 11.9. The average molecular weight is 297 g/mol. The molecule has 0 radical (unpaired) electrons. The van der Waals surface area contributed by atoms with Crippen LogP contribution in [0, 0.1) is 23.7 Å². The van der Waals surface area contributed by atoms with Crippen molar-refractivity contribution in [3.63, 3.8) is 0 Å². The van der Waals surface area contributed by atoms with Crippen LogP contribution in [0.1, 0.15) is 33.1 Å². The monoisotopic (exact) mass is 296 g/mol. The van der Waals surface area contributed by atoms with Crippen LogP contribution in [0.15, 0.2) is 0 Å². The van der Waals surface area contributed by atoms with Crippen molar-refractivity contribution in [2.75, 3.05) is 0 Å². The molecule has 0 N–H and O–H groups in total. The summed E-state index contributed by atoms with van der Waals surface area (Å²) in [6, 6.07) is 0. The van der Waals surface area contributed by atoms with Gasteiger partial charge in [-0.05, 0) is 54.0 Å². The van der Waals surface area contributed by atoms with Gasteiger partial charge in [0.1, 0.15) is 0 Å². The van der Waals surface area contributed by atoms with Crippen LogP contribution in [0.2, 0.25) is 50.4 Å². The molecule has 0 aromatic carbocycles. The average Bonchev–Trinajstić information content (AvgIpc) is 3.08. The molecule has 2 rings (SSSR count). The standard InChI is InChI=1S/C17H36Si2/c1-12(14-10-16(14)18(3,4)5)9-13(2)15-11-17(15)19(6,7)8/h12-17H,9-11H2,1-8H3/t12-,13?,14?,15-,16-,17+/m0/s1. The summed E-state index contributed by atoms with van der Waals surface area (Å²) >= 11 is 0. The highest BCUT2D eigenvalue weighted by Gasteiger charge is 2.51. The largest absolute Gasteiger partial charge is 0.0693 e. The molecule has 2 aliphatic carbocycles.